The number of piperazine rings is 1. The predicted molar refractivity (Wildman–Crippen MR) is 78.5 cm³/mol. The predicted octanol–water partition coefficient (Wildman–Crippen LogP) is 0.452. The van der Waals surface area contributed by atoms with Gasteiger partial charge in [0.1, 0.15) is 5.78 Å². The molecule has 2 aliphatic heterocycles. The topological polar surface area (TPSA) is 43.9 Å². The first kappa shape index (κ1) is 15.4. The molecular formula is C15H27N3O2. The minimum Gasteiger partial charge on any atom is -0.341 e. The number of hydrogen-bond acceptors (Lipinski definition) is 4. The summed E-state index contributed by atoms with van der Waals surface area (Å²) in [6.45, 7) is 11.5. The van der Waals surface area contributed by atoms with Gasteiger partial charge in [0.05, 0.1) is 6.54 Å². The molecule has 0 bridgehead atoms. The summed E-state index contributed by atoms with van der Waals surface area (Å²) in [5.41, 5.74) is 0. The lowest BCUT2D eigenvalue weighted by atomic mass is 10.1. The van der Waals surface area contributed by atoms with Crippen molar-refractivity contribution in [2.45, 2.75) is 26.7 Å². The number of Topliss-reactive ketones (excluding diaryl/α,β-unsaturated/α-hetero) is 1. The van der Waals surface area contributed by atoms with Crippen molar-refractivity contribution in [2.75, 3.05) is 52.4 Å². The van der Waals surface area contributed by atoms with Crippen molar-refractivity contribution in [1.29, 1.82) is 0 Å². The number of likely N-dealkylation sites (tertiary alicyclic amines) is 1. The Kier molecular flexibility index (Phi) is 5.54. The molecule has 2 fully saturated rings. The molecule has 0 aromatic heterocycles. The maximum atomic E-state index is 12.2. The first-order chi connectivity index (χ1) is 9.54. The number of carbonyl (C=O) groups is 2. The van der Waals surface area contributed by atoms with Crippen molar-refractivity contribution in [3.05, 3.63) is 0 Å². The zero-order valence-electron chi connectivity index (χ0n) is 12.8. The van der Waals surface area contributed by atoms with Gasteiger partial charge in [-0.05, 0) is 5.92 Å². The third kappa shape index (κ3) is 4.56. The van der Waals surface area contributed by atoms with E-state index in [1.54, 1.807) is 0 Å². The molecule has 2 rings (SSSR count). The lowest BCUT2D eigenvalue weighted by molar-refractivity contribution is -0.135. The van der Waals surface area contributed by atoms with E-state index in [4.69, 9.17) is 0 Å². The van der Waals surface area contributed by atoms with Crippen LogP contribution in [0, 0.1) is 5.92 Å². The van der Waals surface area contributed by atoms with Gasteiger partial charge in [0, 0.05) is 58.7 Å². The lowest BCUT2D eigenvalue weighted by Crippen LogP contribution is -2.51. The van der Waals surface area contributed by atoms with Crippen LogP contribution >= 0.6 is 0 Å². The molecule has 0 saturated carbocycles. The van der Waals surface area contributed by atoms with Crippen molar-refractivity contribution in [3.8, 4) is 0 Å². The van der Waals surface area contributed by atoms with Gasteiger partial charge in [-0.1, -0.05) is 13.8 Å². The zero-order chi connectivity index (χ0) is 14.5. The highest BCUT2D eigenvalue weighted by Crippen LogP contribution is 2.09. The number of piperidine rings is 1. The standard InChI is InChI=1S/C15H27N3O2/c1-13(2)11-16-7-9-17(10-8-16)12-15(20)18-5-3-14(19)4-6-18/h13H,3-12H2,1-2H3. The highest BCUT2D eigenvalue weighted by Gasteiger charge is 2.24. The van der Waals surface area contributed by atoms with Gasteiger partial charge in [0.2, 0.25) is 5.91 Å². The van der Waals surface area contributed by atoms with E-state index in [0.717, 1.165) is 32.7 Å². The summed E-state index contributed by atoms with van der Waals surface area (Å²) in [4.78, 5) is 30.0. The van der Waals surface area contributed by atoms with Crippen LogP contribution in [0.1, 0.15) is 26.7 Å². The summed E-state index contributed by atoms with van der Waals surface area (Å²) in [6, 6.07) is 0. The SMILES string of the molecule is CC(C)CN1CCN(CC(=O)N2CCC(=O)CC2)CC1. The van der Waals surface area contributed by atoms with Crippen LogP contribution in [0.5, 0.6) is 0 Å². The number of carbonyl (C=O) groups excluding carboxylic acids is 2. The quantitative estimate of drug-likeness (QED) is 0.750. The largest absolute Gasteiger partial charge is 0.341 e. The second kappa shape index (κ2) is 7.18. The monoisotopic (exact) mass is 281 g/mol. The summed E-state index contributed by atoms with van der Waals surface area (Å²) >= 11 is 0. The van der Waals surface area contributed by atoms with E-state index in [1.807, 2.05) is 4.90 Å². The van der Waals surface area contributed by atoms with E-state index in [9.17, 15) is 9.59 Å². The average molecular weight is 281 g/mol. The Morgan fingerprint density at radius 1 is 1.00 bits per heavy atom. The van der Waals surface area contributed by atoms with Gasteiger partial charge in [-0.2, -0.15) is 0 Å². The van der Waals surface area contributed by atoms with Gasteiger partial charge >= 0.3 is 0 Å². The Labute approximate surface area is 121 Å². The highest BCUT2D eigenvalue weighted by molar-refractivity contribution is 5.84. The summed E-state index contributed by atoms with van der Waals surface area (Å²) in [5.74, 6) is 1.18. The molecule has 0 aromatic carbocycles. The molecule has 0 aliphatic carbocycles. The Morgan fingerprint density at radius 2 is 1.55 bits per heavy atom. The molecule has 0 spiro atoms. The van der Waals surface area contributed by atoms with E-state index in [0.29, 0.717) is 38.4 Å². The fraction of sp³-hybridized carbons (Fsp3) is 0.867. The van der Waals surface area contributed by atoms with Gasteiger partial charge in [-0.25, -0.2) is 0 Å². The molecule has 5 heteroatoms. The fourth-order valence-electron chi connectivity index (χ4n) is 2.94. The summed E-state index contributed by atoms with van der Waals surface area (Å²) in [5, 5.41) is 0. The van der Waals surface area contributed by atoms with E-state index in [2.05, 4.69) is 23.6 Å². The minimum atomic E-state index is 0.190. The van der Waals surface area contributed by atoms with Crippen molar-refractivity contribution in [1.82, 2.24) is 14.7 Å². The molecule has 20 heavy (non-hydrogen) atoms. The van der Waals surface area contributed by atoms with Crippen LogP contribution < -0.4 is 0 Å². The van der Waals surface area contributed by atoms with Gasteiger partial charge in [-0.3, -0.25) is 14.5 Å². The number of rotatable bonds is 4. The third-order valence-electron chi connectivity index (χ3n) is 4.12. The Balaban J connectivity index is 1.69. The van der Waals surface area contributed by atoms with Crippen molar-refractivity contribution < 1.29 is 9.59 Å². The molecule has 2 aliphatic rings. The normalized spacial score (nSPS) is 22.6. The molecule has 5 nitrogen and oxygen atoms in total. The molecular weight excluding hydrogens is 254 g/mol. The van der Waals surface area contributed by atoms with Crippen LogP contribution in [0.25, 0.3) is 0 Å². The number of hydrogen-bond donors (Lipinski definition) is 0. The summed E-state index contributed by atoms with van der Waals surface area (Å²) in [6.07, 6.45) is 1.07. The van der Waals surface area contributed by atoms with Crippen molar-refractivity contribution in [2.24, 2.45) is 5.92 Å². The highest BCUT2D eigenvalue weighted by atomic mass is 16.2. The van der Waals surface area contributed by atoms with E-state index in [-0.39, 0.29) is 11.7 Å². The first-order valence-electron chi connectivity index (χ1n) is 7.79. The van der Waals surface area contributed by atoms with Crippen LogP contribution in [-0.2, 0) is 9.59 Å². The Hall–Kier alpha value is -0.940. The number of amides is 1. The van der Waals surface area contributed by atoms with Crippen LogP contribution in [0.2, 0.25) is 0 Å². The van der Waals surface area contributed by atoms with E-state index >= 15 is 0 Å². The molecule has 114 valence electrons. The minimum absolute atomic E-state index is 0.190. The molecule has 0 unspecified atom stereocenters. The molecule has 2 saturated heterocycles. The smallest absolute Gasteiger partial charge is 0.236 e. The fourth-order valence-corrected chi connectivity index (χ4v) is 2.94. The van der Waals surface area contributed by atoms with Crippen molar-refractivity contribution >= 4 is 11.7 Å². The van der Waals surface area contributed by atoms with Crippen LogP contribution in [0.3, 0.4) is 0 Å². The van der Waals surface area contributed by atoms with Crippen LogP contribution in [-0.4, -0.2) is 78.7 Å². The Bertz CT molecular complexity index is 339. The van der Waals surface area contributed by atoms with E-state index < -0.39 is 0 Å². The number of nitrogens with zero attached hydrogens (tertiary/aromatic N) is 3. The second-order valence-corrected chi connectivity index (χ2v) is 6.39. The van der Waals surface area contributed by atoms with Crippen LogP contribution in [0.15, 0.2) is 0 Å². The van der Waals surface area contributed by atoms with Gasteiger partial charge < -0.3 is 9.80 Å². The molecule has 0 radical (unpaired) electrons. The van der Waals surface area contributed by atoms with Gasteiger partial charge in [-0.15, -0.1) is 0 Å². The van der Waals surface area contributed by atoms with Gasteiger partial charge in [0.25, 0.3) is 0 Å². The maximum Gasteiger partial charge on any atom is 0.236 e. The molecule has 0 N–H and O–H groups in total. The molecule has 0 atom stereocenters. The third-order valence-corrected chi connectivity index (χ3v) is 4.12. The molecule has 2 heterocycles. The van der Waals surface area contributed by atoms with Crippen molar-refractivity contribution in [3.63, 3.8) is 0 Å². The molecule has 0 aromatic rings. The molecule has 1 amide bonds. The van der Waals surface area contributed by atoms with Crippen LogP contribution in [0.4, 0.5) is 0 Å². The summed E-state index contributed by atoms with van der Waals surface area (Å²) < 4.78 is 0. The lowest BCUT2D eigenvalue weighted by Gasteiger charge is -2.36. The summed E-state index contributed by atoms with van der Waals surface area (Å²) in [7, 11) is 0. The zero-order valence-corrected chi connectivity index (χ0v) is 12.8. The Morgan fingerprint density at radius 3 is 2.10 bits per heavy atom. The average Bonchev–Trinajstić information content (AvgIpc) is 2.41. The van der Waals surface area contributed by atoms with E-state index in [1.165, 1.54) is 0 Å². The first-order valence-corrected chi connectivity index (χ1v) is 7.79. The van der Waals surface area contributed by atoms with Gasteiger partial charge in [0.15, 0.2) is 0 Å². The maximum absolute atomic E-state index is 12.2. The number of ketones is 1. The second-order valence-electron chi connectivity index (χ2n) is 6.39.